The van der Waals surface area contributed by atoms with Gasteiger partial charge in [0, 0.05) is 48.8 Å². The van der Waals surface area contributed by atoms with Gasteiger partial charge in [-0.15, -0.1) is 24.0 Å². The van der Waals surface area contributed by atoms with E-state index in [1.54, 1.807) is 0 Å². The monoisotopic (exact) mass is 565 g/mol. The number of aliphatic imine (C=N–C) groups is 1. The molecule has 0 aliphatic carbocycles. The molecule has 0 aliphatic rings. The van der Waals surface area contributed by atoms with Crippen molar-refractivity contribution in [2.75, 3.05) is 26.2 Å². The number of benzene rings is 2. The van der Waals surface area contributed by atoms with Crippen molar-refractivity contribution in [3.05, 3.63) is 71.2 Å². The van der Waals surface area contributed by atoms with Crippen LogP contribution in [0.5, 0.6) is 0 Å². The van der Waals surface area contributed by atoms with Crippen LogP contribution in [0.3, 0.4) is 0 Å². The lowest BCUT2D eigenvalue weighted by atomic mass is 10.1. The average molecular weight is 565 g/mol. The van der Waals surface area contributed by atoms with Crippen molar-refractivity contribution < 1.29 is 9.18 Å². The summed E-state index contributed by atoms with van der Waals surface area (Å²) >= 11 is 0. The number of carbonyl (C=O) groups excluding carboxylic acids is 1. The van der Waals surface area contributed by atoms with E-state index in [9.17, 15) is 9.18 Å². The van der Waals surface area contributed by atoms with Crippen LogP contribution in [0.4, 0.5) is 4.39 Å². The van der Waals surface area contributed by atoms with E-state index in [4.69, 9.17) is 0 Å². The van der Waals surface area contributed by atoms with Crippen molar-refractivity contribution in [3.8, 4) is 0 Å². The van der Waals surface area contributed by atoms with Crippen LogP contribution in [0.2, 0.25) is 0 Å². The molecule has 0 saturated carbocycles. The predicted molar refractivity (Wildman–Crippen MR) is 144 cm³/mol. The number of aromatic nitrogens is 1. The van der Waals surface area contributed by atoms with Crippen LogP contribution in [-0.2, 0) is 13.0 Å². The Balaban J connectivity index is 0.00000385. The van der Waals surface area contributed by atoms with Gasteiger partial charge in [0.15, 0.2) is 5.96 Å². The number of halogens is 2. The molecule has 2 aromatic carbocycles. The molecule has 1 heterocycles. The third-order valence-electron chi connectivity index (χ3n) is 5.43. The highest BCUT2D eigenvalue weighted by Crippen LogP contribution is 2.19. The third kappa shape index (κ3) is 7.18. The first-order valence-electron chi connectivity index (χ1n) is 11.2. The fourth-order valence-electron chi connectivity index (χ4n) is 3.64. The van der Waals surface area contributed by atoms with Gasteiger partial charge in [0.2, 0.25) is 0 Å². The van der Waals surface area contributed by atoms with Gasteiger partial charge in [0.05, 0.1) is 6.54 Å². The highest BCUT2D eigenvalue weighted by atomic mass is 127. The molecule has 33 heavy (non-hydrogen) atoms. The van der Waals surface area contributed by atoms with E-state index in [0.29, 0.717) is 31.7 Å². The number of amides is 1. The molecule has 0 bridgehead atoms. The van der Waals surface area contributed by atoms with Crippen molar-refractivity contribution in [1.29, 1.82) is 0 Å². The minimum absolute atomic E-state index is 0. The molecule has 0 fully saturated rings. The van der Waals surface area contributed by atoms with Gasteiger partial charge in [-0.05, 0) is 68.7 Å². The molecule has 0 atom stereocenters. The fourth-order valence-corrected chi connectivity index (χ4v) is 3.64. The number of hydrogen-bond acceptors (Lipinski definition) is 2. The Morgan fingerprint density at radius 2 is 1.79 bits per heavy atom. The van der Waals surface area contributed by atoms with E-state index in [1.165, 1.54) is 12.1 Å². The Morgan fingerprint density at radius 3 is 2.45 bits per heavy atom. The van der Waals surface area contributed by atoms with Gasteiger partial charge in [-0.25, -0.2) is 9.38 Å². The topological polar surface area (TPSA) is 72.5 Å². The van der Waals surface area contributed by atoms with Gasteiger partial charge in [-0.1, -0.05) is 12.1 Å². The molecule has 1 aromatic heterocycles. The smallest absolute Gasteiger partial charge is 0.253 e. The molecule has 0 unspecified atom stereocenters. The third-order valence-corrected chi connectivity index (χ3v) is 5.43. The second-order valence-corrected chi connectivity index (χ2v) is 7.55. The van der Waals surface area contributed by atoms with E-state index < -0.39 is 0 Å². The molecule has 3 aromatic rings. The largest absolute Gasteiger partial charge is 0.361 e. The van der Waals surface area contributed by atoms with Gasteiger partial charge in [0.25, 0.3) is 5.91 Å². The SMILES string of the molecule is CCNC(=NCc1ccc(C(=O)N(CC)CC)cc1)NCCc1c[nH]c2cc(F)ccc12.I. The lowest BCUT2D eigenvalue weighted by Crippen LogP contribution is -2.38. The number of carbonyl (C=O) groups is 1. The summed E-state index contributed by atoms with van der Waals surface area (Å²) in [6.45, 7) is 9.38. The van der Waals surface area contributed by atoms with Crippen LogP contribution in [0.1, 0.15) is 42.3 Å². The molecule has 178 valence electrons. The van der Waals surface area contributed by atoms with Crippen molar-refractivity contribution in [1.82, 2.24) is 20.5 Å². The summed E-state index contributed by atoms with van der Waals surface area (Å²) in [6, 6.07) is 12.4. The highest BCUT2D eigenvalue weighted by Gasteiger charge is 2.12. The van der Waals surface area contributed by atoms with Crippen molar-refractivity contribution in [3.63, 3.8) is 0 Å². The highest BCUT2D eigenvalue weighted by molar-refractivity contribution is 14.0. The zero-order valence-electron chi connectivity index (χ0n) is 19.5. The summed E-state index contributed by atoms with van der Waals surface area (Å²) in [5.41, 5.74) is 3.68. The van der Waals surface area contributed by atoms with Gasteiger partial charge in [-0.3, -0.25) is 4.79 Å². The number of rotatable bonds is 9. The van der Waals surface area contributed by atoms with Crippen LogP contribution < -0.4 is 10.6 Å². The lowest BCUT2D eigenvalue weighted by Gasteiger charge is -2.18. The van der Waals surface area contributed by atoms with E-state index >= 15 is 0 Å². The zero-order chi connectivity index (χ0) is 22.9. The zero-order valence-corrected chi connectivity index (χ0v) is 21.8. The first-order valence-corrected chi connectivity index (χ1v) is 11.2. The number of nitrogens with zero attached hydrogens (tertiary/aromatic N) is 2. The minimum Gasteiger partial charge on any atom is -0.361 e. The number of aromatic amines is 1. The van der Waals surface area contributed by atoms with Crippen molar-refractivity contribution >= 4 is 46.7 Å². The molecular weight excluding hydrogens is 532 g/mol. The summed E-state index contributed by atoms with van der Waals surface area (Å²) in [6.07, 6.45) is 2.72. The standard InChI is InChI=1S/C25H32FN5O.HI/c1-4-27-25(28-14-13-20-17-29-23-15-21(26)11-12-22(20)23)30-16-18-7-9-19(10-8-18)24(32)31(5-2)6-3;/h7-12,15,17,29H,4-6,13-14,16H2,1-3H3,(H2,27,28,30);1H. The Hall–Kier alpha value is -2.62. The first kappa shape index (κ1) is 26.6. The molecule has 0 radical (unpaired) electrons. The number of H-pyrrole nitrogens is 1. The number of fused-ring (bicyclic) bond motifs is 1. The molecule has 0 saturated heterocycles. The molecule has 8 heteroatoms. The van der Waals surface area contributed by atoms with E-state index in [0.717, 1.165) is 41.0 Å². The van der Waals surface area contributed by atoms with Gasteiger partial charge >= 0.3 is 0 Å². The van der Waals surface area contributed by atoms with Crippen LogP contribution in [0.25, 0.3) is 10.9 Å². The van der Waals surface area contributed by atoms with Gasteiger partial charge in [-0.2, -0.15) is 0 Å². The van der Waals surface area contributed by atoms with Crippen LogP contribution in [-0.4, -0.2) is 47.9 Å². The van der Waals surface area contributed by atoms with Crippen LogP contribution >= 0.6 is 24.0 Å². The van der Waals surface area contributed by atoms with E-state index in [1.807, 2.05) is 62.2 Å². The van der Waals surface area contributed by atoms with E-state index in [-0.39, 0.29) is 35.7 Å². The summed E-state index contributed by atoms with van der Waals surface area (Å²) in [7, 11) is 0. The van der Waals surface area contributed by atoms with Crippen LogP contribution in [0.15, 0.2) is 53.7 Å². The molecule has 3 N–H and O–H groups in total. The number of nitrogens with one attached hydrogen (secondary N) is 3. The Kier molecular flexibility index (Phi) is 10.6. The summed E-state index contributed by atoms with van der Waals surface area (Å²) in [5, 5.41) is 7.65. The Bertz CT molecular complexity index is 1060. The fraction of sp³-hybridized carbons (Fsp3) is 0.360. The Morgan fingerprint density at radius 1 is 1.06 bits per heavy atom. The normalized spacial score (nSPS) is 11.2. The van der Waals surface area contributed by atoms with Crippen molar-refractivity contribution in [2.45, 2.75) is 33.7 Å². The summed E-state index contributed by atoms with van der Waals surface area (Å²) in [4.78, 5) is 22.0. The molecule has 0 spiro atoms. The first-order chi connectivity index (χ1) is 15.5. The number of guanidine groups is 1. The molecule has 3 rings (SSSR count). The van der Waals surface area contributed by atoms with E-state index in [2.05, 4.69) is 20.6 Å². The van der Waals surface area contributed by atoms with Gasteiger partial charge in [0.1, 0.15) is 5.82 Å². The minimum atomic E-state index is -0.240. The van der Waals surface area contributed by atoms with Crippen molar-refractivity contribution in [2.24, 2.45) is 4.99 Å². The average Bonchev–Trinajstić information content (AvgIpc) is 3.20. The lowest BCUT2D eigenvalue weighted by molar-refractivity contribution is 0.0773. The maximum Gasteiger partial charge on any atom is 0.253 e. The number of hydrogen-bond donors (Lipinski definition) is 3. The second kappa shape index (κ2) is 13.2. The molecular formula is C25H33FIN5O. The summed E-state index contributed by atoms with van der Waals surface area (Å²) in [5.74, 6) is 0.554. The quantitative estimate of drug-likeness (QED) is 0.200. The maximum absolute atomic E-state index is 13.4. The molecule has 1 amide bonds. The molecule has 6 nitrogen and oxygen atoms in total. The second-order valence-electron chi connectivity index (χ2n) is 7.55. The molecule has 0 aliphatic heterocycles. The maximum atomic E-state index is 13.4. The Labute approximate surface area is 212 Å². The van der Waals surface area contributed by atoms with Gasteiger partial charge < -0.3 is 20.5 Å². The summed E-state index contributed by atoms with van der Waals surface area (Å²) < 4.78 is 13.4. The predicted octanol–water partition coefficient (Wildman–Crippen LogP) is 4.70. The van der Waals surface area contributed by atoms with Crippen LogP contribution in [0, 0.1) is 5.82 Å².